The van der Waals surface area contributed by atoms with Crippen molar-refractivity contribution in [3.63, 3.8) is 0 Å². The summed E-state index contributed by atoms with van der Waals surface area (Å²) >= 11 is 1.42. The quantitative estimate of drug-likeness (QED) is 0.461. The third-order valence-electron chi connectivity index (χ3n) is 4.62. The topological polar surface area (TPSA) is 81.4 Å². The Balaban J connectivity index is 1.52. The van der Waals surface area contributed by atoms with Gasteiger partial charge in [-0.3, -0.25) is 4.79 Å². The molecule has 0 aliphatic rings. The van der Waals surface area contributed by atoms with Crippen LogP contribution in [0, 0.1) is 0 Å². The monoisotopic (exact) mass is 419 g/mol. The molecule has 2 aromatic carbocycles. The summed E-state index contributed by atoms with van der Waals surface area (Å²) in [6.45, 7) is 4.31. The molecule has 8 heteroatoms. The number of anilines is 1. The highest BCUT2D eigenvalue weighted by atomic mass is 32.1. The van der Waals surface area contributed by atoms with E-state index in [4.69, 9.17) is 4.74 Å². The number of aromatic nitrogens is 4. The molecule has 0 unspecified atom stereocenters. The maximum Gasteiger partial charge on any atom is 0.248 e. The molecule has 1 N–H and O–H groups in total. The lowest BCUT2D eigenvalue weighted by Crippen LogP contribution is -2.09. The predicted octanol–water partition coefficient (Wildman–Crippen LogP) is 4.64. The molecule has 0 saturated carbocycles. The summed E-state index contributed by atoms with van der Waals surface area (Å²) in [6, 6.07) is 13.7. The molecule has 0 aliphatic heterocycles. The Hall–Kier alpha value is -3.52. The maximum atomic E-state index is 12.5. The third-order valence-corrected chi connectivity index (χ3v) is 5.58. The molecule has 7 nitrogen and oxygen atoms in total. The zero-order valence-electron chi connectivity index (χ0n) is 16.9. The standard InChI is InChI=1S/C22H21N5O2S/c1-14(2)16-7-4-15(5-8-16)6-11-20(28)24-18-12-17(9-10-19(18)29-3)21-26-27-13-23-25-22(27)30-21/h4-14H,1-3H3,(H,24,28)/b11-6+. The fourth-order valence-corrected chi connectivity index (χ4v) is 3.77. The lowest BCUT2D eigenvalue weighted by Gasteiger charge is -2.10. The van der Waals surface area contributed by atoms with Crippen LogP contribution in [-0.2, 0) is 4.79 Å². The molecule has 4 rings (SSSR count). The van der Waals surface area contributed by atoms with Crippen LogP contribution < -0.4 is 10.1 Å². The second kappa shape index (κ2) is 8.46. The van der Waals surface area contributed by atoms with Crippen LogP contribution in [0.4, 0.5) is 5.69 Å². The number of rotatable bonds is 6. The Morgan fingerprint density at radius 3 is 2.70 bits per heavy atom. The number of hydrogen-bond acceptors (Lipinski definition) is 6. The molecule has 2 aromatic heterocycles. The molecule has 0 spiro atoms. The van der Waals surface area contributed by atoms with Gasteiger partial charge in [-0.1, -0.05) is 49.4 Å². The van der Waals surface area contributed by atoms with E-state index in [1.807, 2.05) is 30.3 Å². The van der Waals surface area contributed by atoms with E-state index in [0.717, 1.165) is 16.1 Å². The average molecular weight is 420 g/mol. The number of fused-ring (bicyclic) bond motifs is 1. The molecule has 0 fully saturated rings. The fraction of sp³-hybridized carbons (Fsp3) is 0.182. The molecule has 0 atom stereocenters. The van der Waals surface area contributed by atoms with Crippen molar-refractivity contribution in [1.29, 1.82) is 0 Å². The van der Waals surface area contributed by atoms with Crippen molar-refractivity contribution in [3.05, 3.63) is 66.0 Å². The minimum absolute atomic E-state index is 0.239. The summed E-state index contributed by atoms with van der Waals surface area (Å²) in [5, 5.41) is 15.9. The largest absolute Gasteiger partial charge is 0.495 e. The molecular weight excluding hydrogens is 398 g/mol. The smallest absolute Gasteiger partial charge is 0.248 e. The molecular formula is C22H21N5O2S. The van der Waals surface area contributed by atoms with Crippen molar-refractivity contribution in [3.8, 4) is 16.3 Å². The van der Waals surface area contributed by atoms with Gasteiger partial charge in [0.1, 0.15) is 17.1 Å². The van der Waals surface area contributed by atoms with Crippen molar-refractivity contribution >= 4 is 34.0 Å². The number of nitrogens with zero attached hydrogens (tertiary/aromatic N) is 4. The molecule has 0 saturated heterocycles. The first-order valence-electron chi connectivity index (χ1n) is 9.48. The number of methoxy groups -OCH3 is 1. The molecule has 0 radical (unpaired) electrons. The van der Waals surface area contributed by atoms with E-state index in [0.29, 0.717) is 22.3 Å². The SMILES string of the molecule is COc1ccc(-c2nn3cnnc3s2)cc1NC(=O)/C=C/c1ccc(C(C)C)cc1. The van der Waals surface area contributed by atoms with Gasteiger partial charge in [0.15, 0.2) is 0 Å². The lowest BCUT2D eigenvalue weighted by molar-refractivity contribution is -0.111. The van der Waals surface area contributed by atoms with Gasteiger partial charge < -0.3 is 10.1 Å². The van der Waals surface area contributed by atoms with Gasteiger partial charge in [0, 0.05) is 11.6 Å². The van der Waals surface area contributed by atoms with Crippen LogP contribution in [0.5, 0.6) is 5.75 Å². The Morgan fingerprint density at radius 2 is 2.00 bits per heavy atom. The van der Waals surface area contributed by atoms with Crippen LogP contribution in [0.2, 0.25) is 0 Å². The van der Waals surface area contributed by atoms with Gasteiger partial charge in [0.05, 0.1) is 12.8 Å². The van der Waals surface area contributed by atoms with Gasteiger partial charge in [-0.2, -0.15) is 9.61 Å². The van der Waals surface area contributed by atoms with Gasteiger partial charge >= 0.3 is 0 Å². The van der Waals surface area contributed by atoms with Crippen LogP contribution in [-0.4, -0.2) is 32.8 Å². The van der Waals surface area contributed by atoms with Crippen LogP contribution in [0.1, 0.15) is 30.9 Å². The summed E-state index contributed by atoms with van der Waals surface area (Å²) in [6.07, 6.45) is 4.86. The van der Waals surface area contributed by atoms with Crippen LogP contribution >= 0.6 is 11.3 Å². The fourth-order valence-electron chi connectivity index (χ4n) is 2.95. The Kier molecular flexibility index (Phi) is 5.58. The van der Waals surface area contributed by atoms with E-state index in [1.165, 1.54) is 23.0 Å². The van der Waals surface area contributed by atoms with Crippen molar-refractivity contribution in [2.75, 3.05) is 12.4 Å². The predicted molar refractivity (Wildman–Crippen MR) is 119 cm³/mol. The van der Waals surface area contributed by atoms with Gasteiger partial charge in [-0.05, 0) is 41.3 Å². The highest BCUT2D eigenvalue weighted by Gasteiger charge is 2.12. The first-order chi connectivity index (χ1) is 14.5. The third kappa shape index (κ3) is 4.23. The summed E-state index contributed by atoms with van der Waals surface area (Å²) in [4.78, 5) is 13.2. The highest BCUT2D eigenvalue weighted by molar-refractivity contribution is 7.19. The van der Waals surface area contributed by atoms with E-state index in [1.54, 1.807) is 24.0 Å². The number of nitrogens with one attached hydrogen (secondary N) is 1. The Bertz CT molecular complexity index is 1180. The maximum absolute atomic E-state index is 12.5. The molecule has 0 aliphatic carbocycles. The number of hydrogen-bond donors (Lipinski definition) is 1. The normalized spacial score (nSPS) is 11.5. The van der Waals surface area contributed by atoms with Crippen LogP contribution in [0.25, 0.3) is 21.6 Å². The van der Waals surface area contributed by atoms with Crippen LogP contribution in [0.15, 0.2) is 54.9 Å². The van der Waals surface area contributed by atoms with E-state index in [9.17, 15) is 4.79 Å². The van der Waals surface area contributed by atoms with E-state index < -0.39 is 0 Å². The average Bonchev–Trinajstić information content (AvgIpc) is 3.35. The molecule has 152 valence electrons. The van der Waals surface area contributed by atoms with Gasteiger partial charge in [-0.15, -0.1) is 10.2 Å². The molecule has 4 aromatic rings. The summed E-state index contributed by atoms with van der Waals surface area (Å²) < 4.78 is 7.02. The van der Waals surface area contributed by atoms with Crippen molar-refractivity contribution < 1.29 is 9.53 Å². The number of carbonyl (C=O) groups is 1. The van der Waals surface area contributed by atoms with Crippen molar-refractivity contribution in [1.82, 2.24) is 19.8 Å². The zero-order valence-corrected chi connectivity index (χ0v) is 17.7. The number of carbonyl (C=O) groups excluding carboxylic acids is 1. The first kappa shape index (κ1) is 19.8. The number of ether oxygens (including phenoxy) is 1. The van der Waals surface area contributed by atoms with Gasteiger partial charge in [0.25, 0.3) is 0 Å². The minimum Gasteiger partial charge on any atom is -0.495 e. The second-order valence-electron chi connectivity index (χ2n) is 7.02. The summed E-state index contributed by atoms with van der Waals surface area (Å²) in [5.41, 5.74) is 3.67. The first-order valence-corrected chi connectivity index (χ1v) is 10.3. The van der Waals surface area contributed by atoms with E-state index >= 15 is 0 Å². The van der Waals surface area contributed by atoms with E-state index in [-0.39, 0.29) is 5.91 Å². The zero-order chi connectivity index (χ0) is 21.1. The van der Waals surface area contributed by atoms with Crippen molar-refractivity contribution in [2.45, 2.75) is 19.8 Å². The van der Waals surface area contributed by atoms with E-state index in [2.05, 4.69) is 46.6 Å². The van der Waals surface area contributed by atoms with Gasteiger partial charge in [0.2, 0.25) is 10.9 Å². The summed E-state index contributed by atoms with van der Waals surface area (Å²) in [7, 11) is 1.57. The molecule has 0 bridgehead atoms. The van der Waals surface area contributed by atoms with Crippen LogP contribution in [0.3, 0.4) is 0 Å². The molecule has 1 amide bonds. The second-order valence-corrected chi connectivity index (χ2v) is 7.98. The minimum atomic E-state index is -0.239. The number of benzene rings is 2. The highest BCUT2D eigenvalue weighted by Crippen LogP contribution is 2.32. The van der Waals surface area contributed by atoms with Crippen molar-refractivity contribution in [2.24, 2.45) is 0 Å². The Morgan fingerprint density at radius 1 is 1.20 bits per heavy atom. The molecule has 2 heterocycles. The van der Waals surface area contributed by atoms with Gasteiger partial charge in [-0.25, -0.2) is 0 Å². The lowest BCUT2D eigenvalue weighted by atomic mass is 10.0. The Labute approximate surface area is 178 Å². The molecule has 30 heavy (non-hydrogen) atoms. The number of amides is 1. The summed E-state index contributed by atoms with van der Waals surface area (Å²) in [5.74, 6) is 0.811.